The quantitative estimate of drug-likeness (QED) is 0.630. The van der Waals surface area contributed by atoms with Crippen LogP contribution in [0.5, 0.6) is 0 Å². The fourth-order valence-electron chi connectivity index (χ4n) is 6.80. The summed E-state index contributed by atoms with van der Waals surface area (Å²) in [5.41, 5.74) is 2.52. The van der Waals surface area contributed by atoms with Gasteiger partial charge in [-0.25, -0.2) is 0 Å². The fraction of sp³-hybridized carbons (Fsp3) is 0.516. The van der Waals surface area contributed by atoms with Crippen molar-refractivity contribution in [1.29, 1.82) is 0 Å². The number of rotatable bonds is 5. The first-order chi connectivity index (χ1) is 17.0. The molecule has 0 spiro atoms. The molecule has 1 unspecified atom stereocenters. The van der Waals surface area contributed by atoms with Gasteiger partial charge in [-0.2, -0.15) is 0 Å². The molecule has 6 aliphatic rings. The number of allylic oxidation sites excluding steroid dienone is 1. The Hall–Kier alpha value is -2.27. The van der Waals surface area contributed by atoms with Gasteiger partial charge in [0.15, 0.2) is 5.78 Å². The Morgan fingerprint density at radius 1 is 0.886 bits per heavy atom. The molecule has 4 bridgehead atoms. The Kier molecular flexibility index (Phi) is 7.52. The van der Waals surface area contributed by atoms with Crippen molar-refractivity contribution in [3.8, 4) is 0 Å². The number of fused-ring (bicyclic) bond motifs is 6. The highest BCUT2D eigenvalue weighted by Gasteiger charge is 2.41. The third kappa shape index (κ3) is 5.61. The second-order valence-corrected chi connectivity index (χ2v) is 11.1. The highest BCUT2D eigenvalue weighted by molar-refractivity contribution is 5.88. The van der Waals surface area contributed by atoms with E-state index < -0.39 is 5.60 Å². The summed E-state index contributed by atoms with van der Waals surface area (Å²) in [6, 6.07) is 20.4. The molecule has 4 heteroatoms. The molecule has 0 amide bonds. The van der Waals surface area contributed by atoms with Gasteiger partial charge in [0.1, 0.15) is 5.60 Å². The van der Waals surface area contributed by atoms with Crippen molar-refractivity contribution in [3.05, 3.63) is 83.4 Å². The van der Waals surface area contributed by atoms with E-state index in [1.165, 1.54) is 57.4 Å². The van der Waals surface area contributed by atoms with Crippen LogP contribution in [0.3, 0.4) is 0 Å². The summed E-state index contributed by atoms with van der Waals surface area (Å²) in [6.07, 6.45) is 7.78. The van der Waals surface area contributed by atoms with E-state index in [0.717, 1.165) is 42.5 Å². The zero-order chi connectivity index (χ0) is 24.3. The van der Waals surface area contributed by atoms with Gasteiger partial charge >= 0.3 is 0 Å². The Morgan fingerprint density at radius 3 is 1.86 bits per heavy atom. The molecule has 186 valence electrons. The van der Waals surface area contributed by atoms with E-state index in [1.807, 2.05) is 42.5 Å². The molecule has 6 heterocycles. The van der Waals surface area contributed by atoms with Crippen molar-refractivity contribution in [2.45, 2.75) is 44.6 Å². The number of hydrogen-bond acceptors (Lipinski definition) is 4. The van der Waals surface area contributed by atoms with E-state index in [9.17, 15) is 9.90 Å². The average molecular weight is 473 g/mol. The van der Waals surface area contributed by atoms with Crippen LogP contribution >= 0.6 is 0 Å². The average Bonchev–Trinajstić information content (AvgIpc) is 2.91. The summed E-state index contributed by atoms with van der Waals surface area (Å²) in [7, 11) is 0. The van der Waals surface area contributed by atoms with E-state index in [4.69, 9.17) is 0 Å². The third-order valence-corrected chi connectivity index (χ3v) is 8.76. The van der Waals surface area contributed by atoms with Crippen LogP contribution in [0.2, 0.25) is 0 Å². The van der Waals surface area contributed by atoms with Gasteiger partial charge in [0, 0.05) is 13.1 Å². The maximum absolute atomic E-state index is 11.7. The summed E-state index contributed by atoms with van der Waals surface area (Å²) in [5, 5.41) is 11.7. The molecule has 6 fully saturated rings. The molecule has 1 N–H and O–H groups in total. The summed E-state index contributed by atoms with van der Waals surface area (Å²) in [6.45, 7) is 8.80. The van der Waals surface area contributed by atoms with E-state index >= 15 is 0 Å². The predicted molar refractivity (Wildman–Crippen MR) is 141 cm³/mol. The van der Waals surface area contributed by atoms with Crippen molar-refractivity contribution < 1.29 is 9.90 Å². The first-order valence-corrected chi connectivity index (χ1v) is 13.5. The number of carbonyl (C=O) groups excluding carboxylic acids is 1. The van der Waals surface area contributed by atoms with Crippen LogP contribution in [0.4, 0.5) is 0 Å². The Morgan fingerprint density at radius 2 is 1.43 bits per heavy atom. The summed E-state index contributed by atoms with van der Waals surface area (Å²) in [4.78, 5) is 15.9. The molecular formula is C31H40N2O2. The Balaban J connectivity index is 0.000000178. The molecule has 0 aromatic heterocycles. The van der Waals surface area contributed by atoms with Crippen LogP contribution in [0.25, 0.3) is 0 Å². The fourth-order valence-corrected chi connectivity index (χ4v) is 6.80. The maximum Gasteiger partial charge on any atom is 0.152 e. The van der Waals surface area contributed by atoms with Crippen molar-refractivity contribution in [2.75, 3.05) is 39.3 Å². The molecule has 4 nitrogen and oxygen atoms in total. The number of nitrogens with zero attached hydrogens (tertiary/aromatic N) is 2. The van der Waals surface area contributed by atoms with Crippen LogP contribution < -0.4 is 0 Å². The van der Waals surface area contributed by atoms with Gasteiger partial charge in [0.25, 0.3) is 0 Å². The molecule has 1 atom stereocenters. The van der Waals surface area contributed by atoms with Gasteiger partial charge in [-0.15, -0.1) is 0 Å². The smallest absolute Gasteiger partial charge is 0.152 e. The molecular weight excluding hydrogens is 432 g/mol. The second-order valence-electron chi connectivity index (χ2n) is 11.1. The summed E-state index contributed by atoms with van der Waals surface area (Å²) in [5.74, 6) is 2.29. The number of aliphatic hydroxyl groups is 1. The monoisotopic (exact) mass is 472 g/mol. The van der Waals surface area contributed by atoms with Crippen LogP contribution in [0, 0.1) is 17.8 Å². The molecule has 6 aliphatic heterocycles. The second kappa shape index (κ2) is 10.8. The molecule has 2 aromatic carbocycles. The number of ketones is 1. The largest absolute Gasteiger partial charge is 0.380 e. The highest BCUT2D eigenvalue weighted by Crippen LogP contribution is 2.42. The minimum Gasteiger partial charge on any atom is -0.380 e. The number of piperidine rings is 6. The minimum atomic E-state index is -0.883. The van der Waals surface area contributed by atoms with Crippen LogP contribution in [0.1, 0.15) is 50.2 Å². The molecule has 0 aliphatic carbocycles. The normalized spacial score (nSPS) is 30.6. The first-order valence-electron chi connectivity index (χ1n) is 13.5. The van der Waals surface area contributed by atoms with Crippen molar-refractivity contribution in [3.63, 3.8) is 0 Å². The van der Waals surface area contributed by atoms with E-state index in [1.54, 1.807) is 6.92 Å². The number of hydrogen-bond donors (Lipinski definition) is 1. The van der Waals surface area contributed by atoms with E-state index in [2.05, 4.69) is 34.1 Å². The molecule has 2 aromatic rings. The Bertz CT molecular complexity index is 963. The molecule has 35 heavy (non-hydrogen) atoms. The van der Waals surface area contributed by atoms with E-state index in [-0.39, 0.29) is 5.78 Å². The van der Waals surface area contributed by atoms with Gasteiger partial charge < -0.3 is 10.0 Å². The lowest BCUT2D eigenvalue weighted by Crippen LogP contribution is -2.49. The topological polar surface area (TPSA) is 43.8 Å². The SMILES string of the molecule is CC(=O)/C=C1/CN2CCC1CC2.OC(CC1CN2CCC1CC2)(c1ccccc1)c1ccccc1. The molecule has 0 saturated carbocycles. The lowest BCUT2D eigenvalue weighted by Gasteiger charge is -2.47. The van der Waals surface area contributed by atoms with Gasteiger partial charge in [-0.3, -0.25) is 9.69 Å². The number of carbonyl (C=O) groups is 1. The molecule has 0 radical (unpaired) electrons. The van der Waals surface area contributed by atoms with Crippen molar-refractivity contribution in [2.24, 2.45) is 17.8 Å². The summed E-state index contributed by atoms with van der Waals surface area (Å²) < 4.78 is 0. The van der Waals surface area contributed by atoms with Gasteiger partial charge in [0.05, 0.1) is 0 Å². The van der Waals surface area contributed by atoms with Crippen LogP contribution in [0.15, 0.2) is 72.3 Å². The van der Waals surface area contributed by atoms with Crippen LogP contribution in [-0.4, -0.2) is 60.0 Å². The van der Waals surface area contributed by atoms with Crippen molar-refractivity contribution >= 4 is 5.78 Å². The highest BCUT2D eigenvalue weighted by atomic mass is 16.3. The zero-order valence-electron chi connectivity index (χ0n) is 21.1. The Labute approximate surface area is 210 Å². The zero-order valence-corrected chi connectivity index (χ0v) is 21.1. The summed E-state index contributed by atoms with van der Waals surface area (Å²) >= 11 is 0. The standard InChI is InChI=1S/C21H25NO.C10H15NO/c23-21(19-7-3-1-4-8-19,20-9-5-2-6-10-20)15-18-16-22-13-11-17(18)12-14-22;1-8(12)6-10-7-11-4-2-9(10)3-5-11/h1-10,17-18,23H,11-16H2;6,9H,2-5,7H2,1H3/b;10-6-. The van der Waals surface area contributed by atoms with E-state index in [0.29, 0.717) is 5.92 Å². The van der Waals surface area contributed by atoms with Crippen molar-refractivity contribution in [1.82, 2.24) is 9.80 Å². The maximum atomic E-state index is 11.7. The van der Waals surface area contributed by atoms with Gasteiger partial charge in [-0.1, -0.05) is 60.7 Å². The lowest BCUT2D eigenvalue weighted by molar-refractivity contribution is -0.112. The minimum absolute atomic E-state index is 0.207. The van der Waals surface area contributed by atoms with Gasteiger partial charge in [0.2, 0.25) is 0 Å². The number of benzene rings is 2. The van der Waals surface area contributed by atoms with Gasteiger partial charge in [-0.05, 0) is 106 Å². The van der Waals surface area contributed by atoms with Crippen LogP contribution in [-0.2, 0) is 10.4 Å². The first kappa shape index (κ1) is 24.4. The molecule has 6 saturated heterocycles. The lowest BCUT2D eigenvalue weighted by atomic mass is 9.70. The molecule has 8 rings (SSSR count). The third-order valence-electron chi connectivity index (χ3n) is 8.76. The predicted octanol–water partition coefficient (Wildman–Crippen LogP) is 4.88.